The molecule has 6 nitrogen and oxygen atoms in total. The fourth-order valence-electron chi connectivity index (χ4n) is 2.83. The highest BCUT2D eigenvalue weighted by Gasteiger charge is 2.15. The molecule has 0 aliphatic carbocycles. The van der Waals surface area contributed by atoms with Gasteiger partial charge in [0.15, 0.2) is 11.0 Å². The number of aromatic nitrogens is 3. The van der Waals surface area contributed by atoms with E-state index in [2.05, 4.69) is 34.6 Å². The van der Waals surface area contributed by atoms with E-state index in [1.807, 2.05) is 48.7 Å². The Kier molecular flexibility index (Phi) is 6.36. The van der Waals surface area contributed by atoms with Crippen LogP contribution in [0, 0.1) is 13.8 Å². The summed E-state index contributed by atoms with van der Waals surface area (Å²) < 4.78 is 7.34. The zero-order chi connectivity index (χ0) is 20.1. The van der Waals surface area contributed by atoms with Crippen molar-refractivity contribution in [1.29, 1.82) is 0 Å². The van der Waals surface area contributed by atoms with Gasteiger partial charge in [-0.1, -0.05) is 47.7 Å². The third kappa shape index (κ3) is 4.54. The van der Waals surface area contributed by atoms with Gasteiger partial charge in [-0.25, -0.2) is 0 Å². The van der Waals surface area contributed by atoms with Crippen molar-refractivity contribution in [3.63, 3.8) is 0 Å². The fraction of sp³-hybridized carbons (Fsp3) is 0.286. The largest absolute Gasteiger partial charge is 0.495 e. The number of benzene rings is 2. The number of carbonyl (C=O) groups excluding carboxylic acids is 1. The number of nitrogens with one attached hydrogen (secondary N) is 1. The van der Waals surface area contributed by atoms with Gasteiger partial charge in [0.25, 0.3) is 0 Å². The van der Waals surface area contributed by atoms with Crippen molar-refractivity contribution < 1.29 is 9.53 Å². The molecule has 0 fully saturated rings. The number of hydrogen-bond acceptors (Lipinski definition) is 5. The number of rotatable bonds is 7. The lowest BCUT2D eigenvalue weighted by atomic mass is 10.1. The first-order valence-electron chi connectivity index (χ1n) is 9.09. The molecule has 1 aromatic heterocycles. The van der Waals surface area contributed by atoms with E-state index in [1.165, 1.54) is 17.3 Å². The van der Waals surface area contributed by atoms with Crippen molar-refractivity contribution in [1.82, 2.24) is 14.8 Å². The van der Waals surface area contributed by atoms with Gasteiger partial charge < -0.3 is 14.6 Å². The molecule has 7 heteroatoms. The molecule has 1 N–H and O–H groups in total. The Labute approximate surface area is 169 Å². The predicted octanol–water partition coefficient (Wildman–Crippen LogP) is 4.32. The van der Waals surface area contributed by atoms with Crippen LogP contribution in [-0.4, -0.2) is 33.5 Å². The van der Waals surface area contributed by atoms with E-state index < -0.39 is 0 Å². The second-order valence-electron chi connectivity index (χ2n) is 6.46. The van der Waals surface area contributed by atoms with Crippen LogP contribution in [0.15, 0.2) is 47.6 Å². The smallest absolute Gasteiger partial charge is 0.234 e. The number of methoxy groups -OCH3 is 1. The van der Waals surface area contributed by atoms with Gasteiger partial charge in [0.1, 0.15) is 5.75 Å². The zero-order valence-electron chi connectivity index (χ0n) is 16.5. The second kappa shape index (κ2) is 8.93. The Hall–Kier alpha value is -2.80. The number of thioether (sulfide) groups is 1. The Morgan fingerprint density at radius 3 is 2.50 bits per heavy atom. The lowest BCUT2D eigenvalue weighted by Crippen LogP contribution is -2.15. The number of amides is 1. The van der Waals surface area contributed by atoms with Gasteiger partial charge in [0.05, 0.1) is 18.6 Å². The van der Waals surface area contributed by atoms with E-state index >= 15 is 0 Å². The van der Waals surface area contributed by atoms with Crippen molar-refractivity contribution >= 4 is 23.4 Å². The summed E-state index contributed by atoms with van der Waals surface area (Å²) in [6, 6.07) is 13.9. The molecule has 28 heavy (non-hydrogen) atoms. The average Bonchev–Trinajstić information content (AvgIpc) is 3.10. The third-order valence-electron chi connectivity index (χ3n) is 4.30. The number of carbonyl (C=O) groups is 1. The molecule has 0 radical (unpaired) electrons. The third-order valence-corrected chi connectivity index (χ3v) is 5.27. The monoisotopic (exact) mass is 396 g/mol. The van der Waals surface area contributed by atoms with Crippen molar-refractivity contribution in [3.8, 4) is 17.1 Å². The molecule has 0 bridgehead atoms. The lowest BCUT2D eigenvalue weighted by molar-refractivity contribution is -0.113. The molecule has 1 heterocycles. The summed E-state index contributed by atoms with van der Waals surface area (Å²) in [5, 5.41) is 12.3. The molecule has 3 rings (SSSR count). The molecule has 1 amide bonds. The first kappa shape index (κ1) is 19.9. The summed E-state index contributed by atoms with van der Waals surface area (Å²) >= 11 is 1.37. The van der Waals surface area contributed by atoms with Crippen molar-refractivity contribution in [2.24, 2.45) is 0 Å². The highest BCUT2D eigenvalue weighted by Crippen LogP contribution is 2.27. The molecular formula is C21H24N4O2S. The summed E-state index contributed by atoms with van der Waals surface area (Å²) in [6.07, 6.45) is 0. The number of hydrogen-bond donors (Lipinski definition) is 1. The standard InChI is InChI=1S/C21H24N4O2S/c1-5-25-20(16-9-6-14(2)7-10-16)23-24-21(25)28-13-19(26)22-17-12-15(3)8-11-18(17)27-4/h6-12H,5,13H2,1-4H3,(H,22,26). The van der Waals surface area contributed by atoms with E-state index in [0.29, 0.717) is 11.4 Å². The van der Waals surface area contributed by atoms with Gasteiger partial charge in [-0.05, 0) is 38.5 Å². The topological polar surface area (TPSA) is 69.0 Å². The summed E-state index contributed by atoms with van der Waals surface area (Å²) in [7, 11) is 1.59. The Balaban J connectivity index is 1.70. The molecular weight excluding hydrogens is 372 g/mol. The first-order chi connectivity index (χ1) is 13.5. The summed E-state index contributed by atoms with van der Waals surface area (Å²) in [4.78, 5) is 12.4. The molecule has 0 aliphatic heterocycles. The van der Waals surface area contributed by atoms with Crippen LogP contribution < -0.4 is 10.1 Å². The van der Waals surface area contributed by atoms with Crippen LogP contribution in [0.1, 0.15) is 18.1 Å². The second-order valence-corrected chi connectivity index (χ2v) is 7.40. The van der Waals surface area contributed by atoms with E-state index in [0.717, 1.165) is 28.7 Å². The van der Waals surface area contributed by atoms with Gasteiger partial charge in [-0.3, -0.25) is 4.79 Å². The van der Waals surface area contributed by atoms with E-state index in [1.54, 1.807) is 7.11 Å². The molecule has 0 aliphatic rings. The van der Waals surface area contributed by atoms with Crippen LogP contribution >= 0.6 is 11.8 Å². The van der Waals surface area contributed by atoms with Crippen LogP contribution in [0.4, 0.5) is 5.69 Å². The van der Waals surface area contributed by atoms with Crippen molar-refractivity contribution in [2.45, 2.75) is 32.5 Å². The maximum atomic E-state index is 12.4. The maximum Gasteiger partial charge on any atom is 0.234 e. The normalized spacial score (nSPS) is 10.7. The summed E-state index contributed by atoms with van der Waals surface area (Å²) in [5.41, 5.74) is 3.94. The average molecular weight is 397 g/mol. The molecule has 0 spiro atoms. The van der Waals surface area contributed by atoms with Crippen LogP contribution in [0.5, 0.6) is 5.75 Å². The number of anilines is 1. The number of aryl methyl sites for hydroxylation is 2. The van der Waals surface area contributed by atoms with Crippen molar-refractivity contribution in [3.05, 3.63) is 53.6 Å². The molecule has 0 saturated carbocycles. The van der Waals surface area contributed by atoms with Crippen LogP contribution in [0.3, 0.4) is 0 Å². The summed E-state index contributed by atoms with van der Waals surface area (Å²) in [6.45, 7) is 6.80. The molecule has 146 valence electrons. The van der Waals surface area contributed by atoms with Crippen LogP contribution in [0.2, 0.25) is 0 Å². The molecule has 0 unspecified atom stereocenters. The molecule has 0 atom stereocenters. The predicted molar refractivity (Wildman–Crippen MR) is 113 cm³/mol. The molecule has 0 saturated heterocycles. The summed E-state index contributed by atoms with van der Waals surface area (Å²) in [5.74, 6) is 1.58. The quantitative estimate of drug-likeness (QED) is 0.602. The van der Waals surface area contributed by atoms with E-state index in [4.69, 9.17) is 4.74 Å². The van der Waals surface area contributed by atoms with Crippen LogP contribution in [-0.2, 0) is 11.3 Å². The van der Waals surface area contributed by atoms with Gasteiger partial charge in [0, 0.05) is 12.1 Å². The van der Waals surface area contributed by atoms with Gasteiger partial charge >= 0.3 is 0 Å². The Morgan fingerprint density at radius 2 is 1.82 bits per heavy atom. The fourth-order valence-corrected chi connectivity index (χ4v) is 3.63. The van der Waals surface area contributed by atoms with Crippen molar-refractivity contribution in [2.75, 3.05) is 18.2 Å². The number of ether oxygens (including phenoxy) is 1. The molecule has 2 aromatic carbocycles. The van der Waals surface area contributed by atoms with Gasteiger partial charge in [-0.2, -0.15) is 0 Å². The Bertz CT molecular complexity index is 967. The zero-order valence-corrected chi connectivity index (χ0v) is 17.3. The minimum absolute atomic E-state index is 0.114. The highest BCUT2D eigenvalue weighted by atomic mass is 32.2. The minimum atomic E-state index is -0.114. The number of nitrogens with zero attached hydrogens (tertiary/aromatic N) is 3. The SMILES string of the molecule is CCn1c(SCC(=O)Nc2cc(C)ccc2OC)nnc1-c1ccc(C)cc1. The minimum Gasteiger partial charge on any atom is -0.495 e. The van der Waals surface area contributed by atoms with Gasteiger partial charge in [0.2, 0.25) is 5.91 Å². The van der Waals surface area contributed by atoms with E-state index in [-0.39, 0.29) is 11.7 Å². The lowest BCUT2D eigenvalue weighted by Gasteiger charge is -2.11. The molecule has 3 aromatic rings. The highest BCUT2D eigenvalue weighted by molar-refractivity contribution is 7.99. The maximum absolute atomic E-state index is 12.4. The van der Waals surface area contributed by atoms with Crippen LogP contribution in [0.25, 0.3) is 11.4 Å². The Morgan fingerprint density at radius 1 is 1.11 bits per heavy atom. The first-order valence-corrected chi connectivity index (χ1v) is 10.1. The van der Waals surface area contributed by atoms with E-state index in [9.17, 15) is 4.79 Å². The van der Waals surface area contributed by atoms with Gasteiger partial charge in [-0.15, -0.1) is 10.2 Å².